The lowest BCUT2D eigenvalue weighted by Crippen LogP contribution is -2.27. The minimum atomic E-state index is -0.299. The summed E-state index contributed by atoms with van der Waals surface area (Å²) in [6.45, 7) is 3.78. The van der Waals surface area contributed by atoms with Gasteiger partial charge in [0.15, 0.2) is 5.13 Å². The normalized spacial score (nSPS) is 11.3. The lowest BCUT2D eigenvalue weighted by molar-refractivity contribution is -0.116. The number of aryl methyl sites for hydroxylation is 2. The number of hydrogen-bond donors (Lipinski definition) is 1. The minimum Gasteiger partial charge on any atom is -0.300 e. The van der Waals surface area contributed by atoms with Crippen LogP contribution in [0.5, 0.6) is 0 Å². The molecule has 126 valence electrons. The van der Waals surface area contributed by atoms with Gasteiger partial charge in [0, 0.05) is 4.88 Å². The lowest BCUT2D eigenvalue weighted by Gasteiger charge is -2.05. The maximum absolute atomic E-state index is 12.6. The van der Waals surface area contributed by atoms with Gasteiger partial charge in [0.1, 0.15) is 11.4 Å². The van der Waals surface area contributed by atoms with Crippen LogP contribution in [0.1, 0.15) is 10.4 Å². The molecule has 0 spiro atoms. The van der Waals surface area contributed by atoms with Crippen LogP contribution in [0.25, 0.3) is 20.4 Å². The number of amides is 1. The van der Waals surface area contributed by atoms with Crippen LogP contribution in [0.15, 0.2) is 35.4 Å². The molecule has 6 nitrogen and oxygen atoms in total. The number of carbonyl (C=O) groups excluding carboxylic acids is 1. The summed E-state index contributed by atoms with van der Waals surface area (Å²) in [6, 6.07) is 7.68. The van der Waals surface area contributed by atoms with Crippen molar-refractivity contribution in [2.45, 2.75) is 20.4 Å². The molecule has 0 unspecified atom stereocenters. The van der Waals surface area contributed by atoms with Crippen molar-refractivity contribution < 1.29 is 4.79 Å². The molecule has 3 aromatic heterocycles. The molecule has 3 heterocycles. The number of nitrogens with zero attached hydrogens (tertiary/aromatic N) is 3. The van der Waals surface area contributed by atoms with Crippen LogP contribution in [-0.4, -0.2) is 20.4 Å². The van der Waals surface area contributed by atoms with E-state index < -0.39 is 0 Å². The standard InChI is InChI=1S/C17H14N4O2S2/c1-9-10(2)24-15-14(9)16(23)21(8-18-15)7-13(22)20-17-19-11-5-3-4-6-12(11)25-17/h3-6,8H,7H2,1-2H3,(H,19,20,22). The fourth-order valence-electron chi connectivity index (χ4n) is 2.62. The highest BCUT2D eigenvalue weighted by molar-refractivity contribution is 7.22. The second kappa shape index (κ2) is 6.05. The Morgan fingerprint density at radius 3 is 2.84 bits per heavy atom. The molecule has 0 atom stereocenters. The SMILES string of the molecule is Cc1sc2ncn(CC(=O)Nc3nc4ccccc4s3)c(=O)c2c1C. The van der Waals surface area contributed by atoms with E-state index in [0.717, 1.165) is 20.7 Å². The number of carbonyl (C=O) groups is 1. The quantitative estimate of drug-likeness (QED) is 0.600. The molecule has 1 N–H and O–H groups in total. The third-order valence-electron chi connectivity index (χ3n) is 4.01. The average Bonchev–Trinajstić information content (AvgIpc) is 3.11. The van der Waals surface area contributed by atoms with Crippen molar-refractivity contribution in [3.63, 3.8) is 0 Å². The van der Waals surface area contributed by atoms with E-state index in [2.05, 4.69) is 15.3 Å². The first-order valence-electron chi connectivity index (χ1n) is 7.63. The number of fused-ring (bicyclic) bond motifs is 2. The molecule has 0 saturated heterocycles. The van der Waals surface area contributed by atoms with Crippen LogP contribution in [0.3, 0.4) is 0 Å². The third kappa shape index (κ3) is 2.83. The summed E-state index contributed by atoms with van der Waals surface area (Å²) in [6.07, 6.45) is 1.43. The maximum Gasteiger partial charge on any atom is 0.262 e. The van der Waals surface area contributed by atoms with Gasteiger partial charge in [-0.25, -0.2) is 9.97 Å². The number of thiophene rings is 1. The molecule has 0 aliphatic carbocycles. The molecule has 4 rings (SSSR count). The number of aromatic nitrogens is 3. The van der Waals surface area contributed by atoms with Gasteiger partial charge in [-0.15, -0.1) is 11.3 Å². The summed E-state index contributed by atoms with van der Waals surface area (Å²) < 4.78 is 2.34. The van der Waals surface area contributed by atoms with Crippen LogP contribution in [-0.2, 0) is 11.3 Å². The molecule has 0 bridgehead atoms. The number of anilines is 1. The van der Waals surface area contributed by atoms with Crippen molar-refractivity contribution >= 4 is 54.1 Å². The summed E-state index contributed by atoms with van der Waals surface area (Å²) in [7, 11) is 0. The number of rotatable bonds is 3. The molecular formula is C17H14N4O2S2. The molecule has 4 aromatic rings. The highest BCUT2D eigenvalue weighted by Crippen LogP contribution is 2.26. The van der Waals surface area contributed by atoms with Gasteiger partial charge in [0.25, 0.3) is 5.56 Å². The number of thiazole rings is 1. The molecule has 0 saturated carbocycles. The Labute approximate surface area is 150 Å². The molecule has 1 aromatic carbocycles. The topological polar surface area (TPSA) is 76.9 Å². The number of nitrogens with one attached hydrogen (secondary N) is 1. The lowest BCUT2D eigenvalue weighted by atomic mass is 10.2. The first-order valence-corrected chi connectivity index (χ1v) is 9.27. The summed E-state index contributed by atoms with van der Waals surface area (Å²) in [5.74, 6) is -0.299. The maximum atomic E-state index is 12.6. The van der Waals surface area contributed by atoms with E-state index in [-0.39, 0.29) is 18.0 Å². The number of para-hydroxylation sites is 1. The van der Waals surface area contributed by atoms with Gasteiger partial charge in [0.2, 0.25) is 5.91 Å². The van der Waals surface area contributed by atoms with Gasteiger partial charge in [-0.3, -0.25) is 14.2 Å². The Morgan fingerprint density at radius 2 is 2.04 bits per heavy atom. The fraction of sp³-hybridized carbons (Fsp3) is 0.176. The predicted molar refractivity (Wildman–Crippen MR) is 102 cm³/mol. The first-order chi connectivity index (χ1) is 12.0. The van der Waals surface area contributed by atoms with Gasteiger partial charge >= 0.3 is 0 Å². The number of hydrogen-bond acceptors (Lipinski definition) is 6. The fourth-order valence-corrected chi connectivity index (χ4v) is 4.49. The van der Waals surface area contributed by atoms with Gasteiger partial charge in [-0.05, 0) is 31.5 Å². The van der Waals surface area contributed by atoms with E-state index in [1.54, 1.807) is 0 Å². The Morgan fingerprint density at radius 1 is 1.24 bits per heavy atom. The van der Waals surface area contributed by atoms with Crippen LogP contribution >= 0.6 is 22.7 Å². The summed E-state index contributed by atoms with van der Waals surface area (Å²) >= 11 is 2.90. The van der Waals surface area contributed by atoms with E-state index in [1.165, 1.54) is 33.6 Å². The Hall–Kier alpha value is -2.58. The zero-order valence-corrected chi connectivity index (χ0v) is 15.2. The minimum absolute atomic E-state index is 0.0912. The summed E-state index contributed by atoms with van der Waals surface area (Å²) in [5, 5.41) is 3.88. The highest BCUT2D eigenvalue weighted by atomic mass is 32.1. The van der Waals surface area contributed by atoms with Crippen molar-refractivity contribution in [3.05, 3.63) is 51.4 Å². The molecule has 0 fully saturated rings. The van der Waals surface area contributed by atoms with Crippen LogP contribution < -0.4 is 10.9 Å². The molecule has 1 amide bonds. The van der Waals surface area contributed by atoms with Crippen molar-refractivity contribution in [2.75, 3.05) is 5.32 Å². The summed E-state index contributed by atoms with van der Waals surface area (Å²) in [4.78, 5) is 35.4. The summed E-state index contributed by atoms with van der Waals surface area (Å²) in [5.41, 5.74) is 1.58. The van der Waals surface area contributed by atoms with Crippen LogP contribution in [0, 0.1) is 13.8 Å². The highest BCUT2D eigenvalue weighted by Gasteiger charge is 2.14. The zero-order valence-electron chi connectivity index (χ0n) is 13.6. The van der Waals surface area contributed by atoms with Gasteiger partial charge < -0.3 is 5.32 Å². The van der Waals surface area contributed by atoms with E-state index in [0.29, 0.717) is 15.3 Å². The third-order valence-corrected chi connectivity index (χ3v) is 6.08. The van der Waals surface area contributed by atoms with E-state index in [4.69, 9.17) is 0 Å². The van der Waals surface area contributed by atoms with Crippen molar-refractivity contribution in [2.24, 2.45) is 0 Å². The molecule has 0 aliphatic rings. The smallest absolute Gasteiger partial charge is 0.262 e. The molecule has 8 heteroatoms. The Balaban J connectivity index is 1.60. The zero-order chi connectivity index (χ0) is 17.6. The molecule has 0 aliphatic heterocycles. The van der Waals surface area contributed by atoms with Crippen molar-refractivity contribution in [1.29, 1.82) is 0 Å². The van der Waals surface area contributed by atoms with E-state index in [1.807, 2.05) is 38.1 Å². The monoisotopic (exact) mass is 370 g/mol. The first kappa shape index (κ1) is 15.9. The Bertz CT molecular complexity index is 1140. The van der Waals surface area contributed by atoms with E-state index in [9.17, 15) is 9.59 Å². The van der Waals surface area contributed by atoms with Crippen molar-refractivity contribution in [3.8, 4) is 0 Å². The second-order valence-electron chi connectivity index (χ2n) is 5.68. The van der Waals surface area contributed by atoms with Crippen molar-refractivity contribution in [1.82, 2.24) is 14.5 Å². The average molecular weight is 370 g/mol. The van der Waals surface area contributed by atoms with Gasteiger partial charge in [-0.2, -0.15) is 0 Å². The van der Waals surface area contributed by atoms with E-state index >= 15 is 0 Å². The largest absolute Gasteiger partial charge is 0.300 e. The second-order valence-corrected chi connectivity index (χ2v) is 7.91. The molecular weight excluding hydrogens is 356 g/mol. The molecule has 0 radical (unpaired) electrons. The molecule has 25 heavy (non-hydrogen) atoms. The number of benzene rings is 1. The predicted octanol–water partition coefficient (Wildman–Crippen LogP) is 3.32. The van der Waals surface area contributed by atoms with Crippen LogP contribution in [0.4, 0.5) is 5.13 Å². The van der Waals surface area contributed by atoms with Crippen LogP contribution in [0.2, 0.25) is 0 Å². The van der Waals surface area contributed by atoms with Gasteiger partial charge in [-0.1, -0.05) is 23.5 Å². The Kier molecular flexibility index (Phi) is 3.85. The van der Waals surface area contributed by atoms with Gasteiger partial charge in [0.05, 0.1) is 21.9 Å².